The molecule has 2 aromatic rings. The molecule has 1 heterocycles. The van der Waals surface area contributed by atoms with Crippen molar-refractivity contribution in [3.8, 4) is 0 Å². The minimum Gasteiger partial charge on any atom is -0.481 e. The van der Waals surface area contributed by atoms with Crippen molar-refractivity contribution in [3.05, 3.63) is 82.5 Å². The van der Waals surface area contributed by atoms with Crippen molar-refractivity contribution in [1.29, 1.82) is 0 Å². The van der Waals surface area contributed by atoms with Crippen molar-refractivity contribution in [1.82, 2.24) is 4.90 Å². The quantitative estimate of drug-likeness (QED) is 0.458. The Morgan fingerprint density at radius 2 is 1.64 bits per heavy atom. The summed E-state index contributed by atoms with van der Waals surface area (Å²) in [5, 5.41) is 10.6. The highest BCUT2D eigenvalue weighted by Gasteiger charge is 2.46. The van der Waals surface area contributed by atoms with Crippen LogP contribution in [0.4, 0.5) is 0 Å². The summed E-state index contributed by atoms with van der Waals surface area (Å²) in [6, 6.07) is 16.6. The molecule has 1 saturated carbocycles. The fourth-order valence-corrected chi connectivity index (χ4v) is 4.58. The topological polar surface area (TPSA) is 70.0 Å². The largest absolute Gasteiger partial charge is 0.481 e. The summed E-state index contributed by atoms with van der Waals surface area (Å²) in [7, 11) is 0. The second kappa shape index (κ2) is 11.5. The van der Waals surface area contributed by atoms with Gasteiger partial charge < -0.3 is 10.0 Å². The van der Waals surface area contributed by atoms with Crippen molar-refractivity contribution in [2.45, 2.75) is 44.2 Å². The lowest BCUT2D eigenvalue weighted by Gasteiger charge is -2.44. The van der Waals surface area contributed by atoms with Crippen LogP contribution >= 0.6 is 23.2 Å². The van der Waals surface area contributed by atoms with Gasteiger partial charge in [-0.25, -0.2) is 0 Å². The molecule has 33 heavy (non-hydrogen) atoms. The normalized spacial score (nSPS) is 20.9. The molecule has 1 unspecified atom stereocenters. The number of hydrogen-bond acceptors (Lipinski definition) is 3. The summed E-state index contributed by atoms with van der Waals surface area (Å²) in [5.74, 6) is -1.26. The maximum atomic E-state index is 13.2. The number of halogens is 2. The van der Waals surface area contributed by atoms with Gasteiger partial charge in [0.05, 0.1) is 24.2 Å². The first kappa shape index (κ1) is 25.0. The lowest BCUT2D eigenvalue weighted by Crippen LogP contribution is -2.50. The molecule has 1 aliphatic carbocycles. The van der Waals surface area contributed by atoms with Crippen LogP contribution in [0.25, 0.3) is 0 Å². The Kier molecular flexibility index (Phi) is 8.70. The number of piperidine rings is 1. The van der Waals surface area contributed by atoms with E-state index in [4.69, 9.17) is 28.3 Å². The Morgan fingerprint density at radius 3 is 2.12 bits per heavy atom. The number of benzene rings is 2. The molecule has 1 N–H and O–H groups in total. The van der Waals surface area contributed by atoms with Crippen LogP contribution in [-0.4, -0.2) is 34.6 Å². The van der Waals surface area contributed by atoms with Gasteiger partial charge in [-0.1, -0.05) is 60.1 Å². The van der Waals surface area contributed by atoms with Gasteiger partial charge in [-0.15, -0.1) is 0 Å². The van der Waals surface area contributed by atoms with Gasteiger partial charge in [0.2, 0.25) is 5.91 Å². The molecule has 3 atom stereocenters. The Bertz CT molecular complexity index is 990. The molecule has 0 spiro atoms. The Morgan fingerprint density at radius 1 is 1.03 bits per heavy atom. The third-order valence-electron chi connectivity index (χ3n) is 6.05. The number of hydrogen-bond donors (Lipinski definition) is 1. The Hall–Kier alpha value is -2.63. The van der Waals surface area contributed by atoms with Gasteiger partial charge in [0.25, 0.3) is 0 Å². The molecule has 0 aromatic heterocycles. The number of aliphatic carboxylic acids is 1. The van der Waals surface area contributed by atoms with Gasteiger partial charge in [-0.05, 0) is 68.1 Å². The number of nitrogens with zero attached hydrogens (tertiary/aromatic N) is 2. The monoisotopic (exact) mass is 486 g/mol. The number of carboxylic acids is 1. The fourth-order valence-electron chi connectivity index (χ4n) is 4.31. The van der Waals surface area contributed by atoms with Gasteiger partial charge >= 0.3 is 5.97 Å². The van der Waals surface area contributed by atoms with E-state index in [2.05, 4.69) is 18.3 Å². The summed E-state index contributed by atoms with van der Waals surface area (Å²) in [5.41, 5.74) is 1.58. The number of aliphatic imine (C=N–C) groups is 1. The van der Waals surface area contributed by atoms with Crippen LogP contribution in [0.1, 0.15) is 43.7 Å². The lowest BCUT2D eigenvalue weighted by atomic mass is 9.84. The minimum atomic E-state index is -0.947. The molecule has 7 heteroatoms. The number of carboxylic acid groups (broad SMARTS) is 1. The predicted molar refractivity (Wildman–Crippen MR) is 133 cm³/mol. The first-order chi connectivity index (χ1) is 15.8. The second-order valence-corrected chi connectivity index (χ2v) is 9.29. The van der Waals surface area contributed by atoms with E-state index in [9.17, 15) is 9.59 Å². The highest BCUT2D eigenvalue weighted by molar-refractivity contribution is 6.30. The maximum absolute atomic E-state index is 13.2. The summed E-state index contributed by atoms with van der Waals surface area (Å²) in [6.07, 6.45) is 3.15. The average molecular weight is 487 g/mol. The van der Waals surface area contributed by atoms with E-state index >= 15 is 0 Å². The van der Waals surface area contributed by atoms with Gasteiger partial charge in [0, 0.05) is 16.0 Å². The third-order valence-corrected chi connectivity index (χ3v) is 6.55. The standard InChI is InChI=1S/C20H23ClN2O3.C6H5Cl/c1-12(22-2)19(14-3-4-14)23-17(13-5-8-16(21)9-6-13)10-7-15(20(23)26)11-18(24)25;7-6-4-2-1-3-5-6/h5-6,8-9,14-15,17,19H,1-4,7,10-11H2,(H,24,25);1-5H/t15-,17+,19?;/m1./s1. The fraction of sp³-hybridized carbons (Fsp3) is 0.346. The molecule has 0 radical (unpaired) electrons. The molecule has 1 saturated heterocycles. The van der Waals surface area contributed by atoms with E-state index in [1.807, 2.05) is 59.5 Å². The number of carbonyl (C=O) groups is 2. The van der Waals surface area contributed by atoms with Crippen LogP contribution < -0.4 is 0 Å². The van der Waals surface area contributed by atoms with E-state index in [-0.39, 0.29) is 24.4 Å². The minimum absolute atomic E-state index is 0.125. The van der Waals surface area contributed by atoms with E-state index in [1.54, 1.807) is 0 Å². The number of amides is 1. The first-order valence-corrected chi connectivity index (χ1v) is 11.7. The molecule has 1 amide bonds. The molecular formula is C26H28Cl2N2O3. The zero-order valence-corrected chi connectivity index (χ0v) is 19.9. The molecule has 2 aliphatic rings. The summed E-state index contributed by atoms with van der Waals surface area (Å²) in [4.78, 5) is 30.3. The van der Waals surface area contributed by atoms with E-state index in [1.165, 1.54) is 0 Å². The Labute approximate surface area is 204 Å². The van der Waals surface area contributed by atoms with Gasteiger partial charge in [-0.3, -0.25) is 14.6 Å². The molecule has 0 bridgehead atoms. The van der Waals surface area contributed by atoms with Crippen molar-refractivity contribution < 1.29 is 14.7 Å². The molecule has 1 aliphatic heterocycles. The predicted octanol–water partition coefficient (Wildman–Crippen LogP) is 6.43. The summed E-state index contributed by atoms with van der Waals surface area (Å²) in [6.45, 7) is 7.60. The van der Waals surface area contributed by atoms with Crippen LogP contribution in [0.5, 0.6) is 0 Å². The van der Waals surface area contributed by atoms with Gasteiger partial charge in [0.15, 0.2) is 0 Å². The van der Waals surface area contributed by atoms with Gasteiger partial charge in [-0.2, -0.15) is 0 Å². The maximum Gasteiger partial charge on any atom is 0.304 e. The molecular weight excluding hydrogens is 459 g/mol. The zero-order chi connectivity index (χ0) is 24.0. The first-order valence-electron chi connectivity index (χ1n) is 11.0. The third kappa shape index (κ3) is 6.68. The van der Waals surface area contributed by atoms with Gasteiger partial charge in [0.1, 0.15) is 0 Å². The smallest absolute Gasteiger partial charge is 0.304 e. The van der Waals surface area contributed by atoms with Crippen molar-refractivity contribution in [3.63, 3.8) is 0 Å². The number of carbonyl (C=O) groups excluding carboxylic acids is 1. The SMILES string of the molecule is C=NC(=C)C(C1CC1)N1C(=O)[C@@H](CC(=O)O)CC[C@H]1c1ccc(Cl)cc1.Clc1ccccc1. The highest BCUT2D eigenvalue weighted by atomic mass is 35.5. The van der Waals surface area contributed by atoms with E-state index < -0.39 is 11.9 Å². The van der Waals surface area contributed by atoms with E-state index in [0.717, 1.165) is 23.4 Å². The van der Waals surface area contributed by atoms with Crippen LogP contribution in [0.2, 0.25) is 10.0 Å². The second-order valence-electron chi connectivity index (χ2n) is 8.41. The van der Waals surface area contributed by atoms with Crippen LogP contribution in [-0.2, 0) is 9.59 Å². The van der Waals surface area contributed by atoms with Crippen LogP contribution in [0.3, 0.4) is 0 Å². The van der Waals surface area contributed by atoms with Crippen molar-refractivity contribution in [2.24, 2.45) is 16.8 Å². The Balaban J connectivity index is 0.000000374. The molecule has 174 valence electrons. The molecule has 2 fully saturated rings. The number of rotatable bonds is 7. The highest BCUT2D eigenvalue weighted by Crippen LogP contribution is 2.46. The van der Waals surface area contributed by atoms with Crippen molar-refractivity contribution >= 4 is 41.8 Å². The average Bonchev–Trinajstić information content (AvgIpc) is 3.63. The summed E-state index contributed by atoms with van der Waals surface area (Å²) >= 11 is 11.5. The molecule has 4 rings (SSSR count). The van der Waals surface area contributed by atoms with E-state index in [0.29, 0.717) is 29.5 Å². The lowest BCUT2D eigenvalue weighted by molar-refractivity contribution is -0.151. The molecule has 2 aromatic carbocycles. The van der Waals surface area contributed by atoms with Crippen LogP contribution in [0.15, 0.2) is 71.9 Å². The summed E-state index contributed by atoms with van der Waals surface area (Å²) < 4.78 is 0. The van der Waals surface area contributed by atoms with Crippen LogP contribution in [0, 0.1) is 11.8 Å². The zero-order valence-electron chi connectivity index (χ0n) is 18.4. The number of likely N-dealkylation sites (tertiary alicyclic amines) is 1. The van der Waals surface area contributed by atoms with Crippen molar-refractivity contribution in [2.75, 3.05) is 0 Å². The molecule has 5 nitrogen and oxygen atoms in total.